The van der Waals surface area contributed by atoms with Gasteiger partial charge in [-0.3, -0.25) is 0 Å². The second-order valence-corrected chi connectivity index (χ2v) is 10.4. The van der Waals surface area contributed by atoms with Crippen molar-refractivity contribution < 1.29 is 8.42 Å². The molecule has 3 nitrogen and oxygen atoms in total. The Hall–Kier alpha value is -0.870. The zero-order chi connectivity index (χ0) is 16.8. The average molecular weight is 348 g/mol. The van der Waals surface area contributed by atoms with Crippen molar-refractivity contribution >= 4 is 10.0 Å². The smallest absolute Gasteiger partial charge is 0.211 e. The molecule has 0 heterocycles. The standard InChI is InChI=1S/C20H29NO2S/c1-2-3-15-4-6-19(7-5-15)24(22,23)21-14-20-11-16-8-17(12-20)10-18(9-16)13-20/h4-7,16-18,21H,2-3,8-14H2,1H3. The van der Waals surface area contributed by atoms with Gasteiger partial charge in [-0.15, -0.1) is 0 Å². The summed E-state index contributed by atoms with van der Waals surface area (Å²) in [7, 11) is -3.39. The van der Waals surface area contributed by atoms with E-state index >= 15 is 0 Å². The number of hydrogen-bond acceptors (Lipinski definition) is 2. The normalized spacial score (nSPS) is 34.6. The number of hydrogen-bond donors (Lipinski definition) is 1. The zero-order valence-corrected chi connectivity index (χ0v) is 15.4. The van der Waals surface area contributed by atoms with Gasteiger partial charge in [-0.25, -0.2) is 13.1 Å². The Morgan fingerprint density at radius 1 is 1.00 bits per heavy atom. The van der Waals surface area contributed by atoms with Crippen molar-refractivity contribution in [1.82, 2.24) is 4.72 Å². The summed E-state index contributed by atoms with van der Waals surface area (Å²) < 4.78 is 28.3. The predicted molar refractivity (Wildman–Crippen MR) is 96.2 cm³/mol. The molecule has 0 spiro atoms. The number of aryl methyl sites for hydroxylation is 1. The molecule has 4 fully saturated rings. The summed E-state index contributed by atoms with van der Waals surface area (Å²) in [6.07, 6.45) is 9.96. The Labute approximate surface area is 146 Å². The summed E-state index contributed by atoms with van der Waals surface area (Å²) in [4.78, 5) is 0.409. The second kappa shape index (κ2) is 6.14. The summed E-state index contributed by atoms with van der Waals surface area (Å²) in [6.45, 7) is 2.77. The Kier molecular flexibility index (Phi) is 4.24. The summed E-state index contributed by atoms with van der Waals surface area (Å²) >= 11 is 0. The molecule has 1 N–H and O–H groups in total. The summed E-state index contributed by atoms with van der Waals surface area (Å²) in [6, 6.07) is 7.41. The van der Waals surface area contributed by atoms with E-state index in [1.807, 2.05) is 12.1 Å². The van der Waals surface area contributed by atoms with Crippen LogP contribution in [-0.4, -0.2) is 15.0 Å². The minimum Gasteiger partial charge on any atom is -0.211 e. The first-order valence-electron chi connectivity index (χ1n) is 9.57. The first-order valence-corrected chi connectivity index (χ1v) is 11.0. The van der Waals surface area contributed by atoms with Gasteiger partial charge in [-0.2, -0.15) is 0 Å². The van der Waals surface area contributed by atoms with Gasteiger partial charge in [-0.05, 0) is 85.8 Å². The van der Waals surface area contributed by atoms with Crippen LogP contribution in [0.1, 0.15) is 57.4 Å². The molecule has 24 heavy (non-hydrogen) atoms. The van der Waals surface area contributed by atoms with Crippen LogP contribution in [0.5, 0.6) is 0 Å². The van der Waals surface area contributed by atoms with E-state index in [-0.39, 0.29) is 5.41 Å². The Morgan fingerprint density at radius 2 is 1.54 bits per heavy atom. The molecule has 4 heteroatoms. The highest BCUT2D eigenvalue weighted by Crippen LogP contribution is 2.59. The van der Waals surface area contributed by atoms with Crippen LogP contribution in [-0.2, 0) is 16.4 Å². The van der Waals surface area contributed by atoms with Gasteiger partial charge < -0.3 is 0 Å². The van der Waals surface area contributed by atoms with Crippen molar-refractivity contribution in [3.8, 4) is 0 Å². The number of benzene rings is 1. The number of rotatable bonds is 6. The second-order valence-electron chi connectivity index (χ2n) is 8.64. The molecule has 4 aliphatic carbocycles. The van der Waals surface area contributed by atoms with Crippen LogP contribution in [0.4, 0.5) is 0 Å². The molecule has 0 unspecified atom stereocenters. The fourth-order valence-electron chi connectivity index (χ4n) is 5.96. The third-order valence-corrected chi connectivity index (χ3v) is 7.99. The number of nitrogens with one attached hydrogen (secondary N) is 1. The highest BCUT2D eigenvalue weighted by atomic mass is 32.2. The third-order valence-electron chi connectivity index (χ3n) is 6.57. The van der Waals surface area contributed by atoms with E-state index in [9.17, 15) is 8.42 Å². The maximum absolute atomic E-state index is 12.7. The molecule has 5 rings (SSSR count). The predicted octanol–water partition coefficient (Wildman–Crippen LogP) is 4.13. The summed E-state index contributed by atoms with van der Waals surface area (Å²) in [5.74, 6) is 2.57. The molecule has 1 aromatic rings. The molecule has 0 saturated heterocycles. The molecule has 4 bridgehead atoms. The van der Waals surface area contributed by atoms with Gasteiger partial charge in [0.25, 0.3) is 0 Å². The fraction of sp³-hybridized carbons (Fsp3) is 0.700. The lowest BCUT2D eigenvalue weighted by atomic mass is 9.50. The molecule has 4 saturated carbocycles. The summed E-state index contributed by atoms with van der Waals surface area (Å²) in [5.41, 5.74) is 1.45. The van der Waals surface area contributed by atoms with Crippen LogP contribution in [0.15, 0.2) is 29.2 Å². The molecule has 4 aliphatic rings. The highest BCUT2D eigenvalue weighted by Gasteiger charge is 2.50. The minimum absolute atomic E-state index is 0.240. The summed E-state index contributed by atoms with van der Waals surface area (Å²) in [5, 5.41) is 0. The molecule has 0 radical (unpaired) electrons. The Bertz CT molecular complexity index is 658. The monoisotopic (exact) mass is 347 g/mol. The van der Waals surface area contributed by atoms with E-state index in [4.69, 9.17) is 0 Å². The van der Waals surface area contributed by atoms with Crippen LogP contribution in [0, 0.1) is 23.2 Å². The molecule has 0 aliphatic heterocycles. The SMILES string of the molecule is CCCc1ccc(S(=O)(=O)NCC23CC4CC(CC(C4)C2)C3)cc1. The largest absolute Gasteiger partial charge is 0.240 e. The van der Waals surface area contributed by atoms with Gasteiger partial charge >= 0.3 is 0 Å². The lowest BCUT2D eigenvalue weighted by Gasteiger charge is -2.56. The van der Waals surface area contributed by atoms with Crippen LogP contribution < -0.4 is 4.72 Å². The average Bonchev–Trinajstić information content (AvgIpc) is 2.53. The van der Waals surface area contributed by atoms with Gasteiger partial charge in [0.15, 0.2) is 0 Å². The van der Waals surface area contributed by atoms with Gasteiger partial charge in [-0.1, -0.05) is 25.5 Å². The van der Waals surface area contributed by atoms with Crippen molar-refractivity contribution in [3.63, 3.8) is 0 Å². The van der Waals surface area contributed by atoms with E-state index < -0.39 is 10.0 Å². The van der Waals surface area contributed by atoms with E-state index in [1.165, 1.54) is 44.1 Å². The van der Waals surface area contributed by atoms with Crippen molar-refractivity contribution in [2.24, 2.45) is 23.2 Å². The molecular weight excluding hydrogens is 318 g/mol. The Morgan fingerprint density at radius 3 is 2.04 bits per heavy atom. The van der Waals surface area contributed by atoms with E-state index in [1.54, 1.807) is 12.1 Å². The topological polar surface area (TPSA) is 46.2 Å². The van der Waals surface area contributed by atoms with Gasteiger partial charge in [0.1, 0.15) is 0 Å². The third kappa shape index (κ3) is 3.15. The van der Waals surface area contributed by atoms with Crippen LogP contribution in [0.3, 0.4) is 0 Å². The van der Waals surface area contributed by atoms with Crippen molar-refractivity contribution in [1.29, 1.82) is 0 Å². The minimum atomic E-state index is -3.39. The van der Waals surface area contributed by atoms with Crippen LogP contribution in [0.2, 0.25) is 0 Å². The zero-order valence-electron chi connectivity index (χ0n) is 14.6. The van der Waals surface area contributed by atoms with Gasteiger partial charge in [0.2, 0.25) is 10.0 Å². The maximum Gasteiger partial charge on any atom is 0.240 e. The molecular formula is C20H29NO2S. The first-order chi connectivity index (χ1) is 11.5. The first kappa shape index (κ1) is 16.6. The lowest BCUT2D eigenvalue weighted by molar-refractivity contribution is -0.0487. The number of sulfonamides is 1. The molecule has 0 aromatic heterocycles. The van der Waals surface area contributed by atoms with Crippen LogP contribution >= 0.6 is 0 Å². The van der Waals surface area contributed by atoms with E-state index in [0.29, 0.717) is 11.4 Å². The van der Waals surface area contributed by atoms with Crippen LogP contribution in [0.25, 0.3) is 0 Å². The Balaban J connectivity index is 1.45. The van der Waals surface area contributed by atoms with E-state index in [2.05, 4.69) is 11.6 Å². The molecule has 132 valence electrons. The van der Waals surface area contributed by atoms with Gasteiger partial charge in [0, 0.05) is 6.54 Å². The highest BCUT2D eigenvalue weighted by molar-refractivity contribution is 7.89. The van der Waals surface area contributed by atoms with Gasteiger partial charge in [0.05, 0.1) is 4.90 Å². The molecule has 1 aromatic carbocycles. The van der Waals surface area contributed by atoms with Crippen molar-refractivity contribution in [2.75, 3.05) is 6.54 Å². The lowest BCUT2D eigenvalue weighted by Crippen LogP contribution is -2.51. The fourth-order valence-corrected chi connectivity index (χ4v) is 7.12. The molecule has 0 amide bonds. The van der Waals surface area contributed by atoms with E-state index in [0.717, 1.165) is 30.6 Å². The maximum atomic E-state index is 12.7. The van der Waals surface area contributed by atoms with Crippen molar-refractivity contribution in [2.45, 2.75) is 63.2 Å². The van der Waals surface area contributed by atoms with Crippen molar-refractivity contribution in [3.05, 3.63) is 29.8 Å². The molecule has 0 atom stereocenters. The quantitative estimate of drug-likeness (QED) is 0.841.